The number of hydrogen-bond donors (Lipinski definition) is 2. The van der Waals surface area contributed by atoms with Crippen LogP contribution >= 0.6 is 0 Å². The van der Waals surface area contributed by atoms with E-state index in [-0.39, 0.29) is 11.4 Å². The van der Waals surface area contributed by atoms with Gasteiger partial charge in [-0.2, -0.15) is 0 Å². The van der Waals surface area contributed by atoms with Crippen molar-refractivity contribution in [2.24, 2.45) is 0 Å². The van der Waals surface area contributed by atoms with Crippen molar-refractivity contribution in [3.8, 4) is 0 Å². The van der Waals surface area contributed by atoms with Crippen molar-refractivity contribution < 1.29 is 4.79 Å². The van der Waals surface area contributed by atoms with Crippen LogP contribution in [0, 0.1) is 0 Å². The number of carbonyl (C=O) groups is 1. The second-order valence-corrected chi connectivity index (χ2v) is 5.32. The van der Waals surface area contributed by atoms with Gasteiger partial charge in [0, 0.05) is 11.1 Å². The van der Waals surface area contributed by atoms with Gasteiger partial charge in [0.15, 0.2) is 0 Å². The van der Waals surface area contributed by atoms with Crippen LogP contribution in [0.4, 0.5) is 0 Å². The maximum absolute atomic E-state index is 12.2. The van der Waals surface area contributed by atoms with E-state index in [2.05, 4.69) is 24.5 Å². The van der Waals surface area contributed by atoms with E-state index in [0.717, 1.165) is 37.9 Å². The molecule has 0 bridgehead atoms. The molecular formula is C15H22N2O. The van der Waals surface area contributed by atoms with Crippen LogP contribution in [0.15, 0.2) is 24.3 Å². The van der Waals surface area contributed by atoms with Crippen molar-refractivity contribution in [3.63, 3.8) is 0 Å². The molecule has 0 atom stereocenters. The lowest BCUT2D eigenvalue weighted by Gasteiger charge is -2.35. The molecule has 1 aliphatic heterocycles. The number of rotatable bonds is 3. The van der Waals surface area contributed by atoms with Gasteiger partial charge in [0.1, 0.15) is 0 Å². The largest absolute Gasteiger partial charge is 0.347 e. The number of nitrogens with one attached hydrogen (secondary N) is 2. The van der Waals surface area contributed by atoms with E-state index < -0.39 is 0 Å². The first-order valence-corrected chi connectivity index (χ1v) is 6.75. The first-order chi connectivity index (χ1) is 8.63. The van der Waals surface area contributed by atoms with Crippen LogP contribution in [0.1, 0.15) is 42.6 Å². The summed E-state index contributed by atoms with van der Waals surface area (Å²) in [6.07, 6.45) is 2.99. The second-order valence-electron chi connectivity index (χ2n) is 5.32. The molecule has 2 rings (SSSR count). The fourth-order valence-electron chi connectivity index (χ4n) is 2.34. The predicted octanol–water partition coefficient (Wildman–Crippen LogP) is 2.12. The van der Waals surface area contributed by atoms with Crippen LogP contribution < -0.4 is 10.6 Å². The van der Waals surface area contributed by atoms with Gasteiger partial charge in [-0.25, -0.2) is 0 Å². The molecule has 0 radical (unpaired) electrons. The van der Waals surface area contributed by atoms with Gasteiger partial charge in [-0.3, -0.25) is 4.79 Å². The minimum Gasteiger partial charge on any atom is -0.347 e. The van der Waals surface area contributed by atoms with Crippen LogP contribution in [0.25, 0.3) is 0 Å². The molecule has 0 aromatic heterocycles. The Hall–Kier alpha value is -1.35. The van der Waals surface area contributed by atoms with E-state index in [9.17, 15) is 4.79 Å². The fraction of sp³-hybridized carbons (Fsp3) is 0.533. The van der Waals surface area contributed by atoms with Gasteiger partial charge in [0.2, 0.25) is 0 Å². The molecule has 1 fully saturated rings. The highest BCUT2D eigenvalue weighted by Gasteiger charge is 2.28. The summed E-state index contributed by atoms with van der Waals surface area (Å²) in [7, 11) is 0. The molecule has 0 spiro atoms. The molecule has 1 aliphatic rings. The number of aryl methyl sites for hydroxylation is 1. The molecule has 3 nitrogen and oxygen atoms in total. The Morgan fingerprint density at radius 1 is 1.28 bits per heavy atom. The molecule has 2 N–H and O–H groups in total. The van der Waals surface area contributed by atoms with E-state index in [4.69, 9.17) is 0 Å². The van der Waals surface area contributed by atoms with E-state index in [1.807, 2.05) is 24.3 Å². The smallest absolute Gasteiger partial charge is 0.251 e. The summed E-state index contributed by atoms with van der Waals surface area (Å²) >= 11 is 0. The highest BCUT2D eigenvalue weighted by Crippen LogP contribution is 2.18. The van der Waals surface area contributed by atoms with Gasteiger partial charge in [-0.05, 0) is 57.0 Å². The number of amides is 1. The summed E-state index contributed by atoms with van der Waals surface area (Å²) in [6, 6.07) is 7.89. The van der Waals surface area contributed by atoms with Gasteiger partial charge in [-0.1, -0.05) is 19.1 Å². The van der Waals surface area contributed by atoms with E-state index in [1.54, 1.807) is 0 Å². The highest BCUT2D eigenvalue weighted by molar-refractivity contribution is 5.94. The average Bonchev–Trinajstić information content (AvgIpc) is 2.39. The Morgan fingerprint density at radius 2 is 1.89 bits per heavy atom. The quantitative estimate of drug-likeness (QED) is 0.857. The van der Waals surface area contributed by atoms with E-state index >= 15 is 0 Å². The number of benzene rings is 1. The molecule has 3 heteroatoms. The minimum atomic E-state index is -0.0637. The summed E-state index contributed by atoms with van der Waals surface area (Å²) in [5, 5.41) is 6.49. The van der Waals surface area contributed by atoms with Crippen LogP contribution in [-0.4, -0.2) is 24.5 Å². The molecule has 1 aromatic rings. The second kappa shape index (κ2) is 5.53. The number of carbonyl (C=O) groups excluding carboxylic acids is 1. The monoisotopic (exact) mass is 246 g/mol. The van der Waals surface area contributed by atoms with Crippen LogP contribution in [-0.2, 0) is 6.42 Å². The maximum atomic E-state index is 12.2. The topological polar surface area (TPSA) is 41.1 Å². The Kier molecular flexibility index (Phi) is 4.02. The van der Waals surface area contributed by atoms with Crippen molar-refractivity contribution in [2.75, 3.05) is 13.1 Å². The van der Waals surface area contributed by atoms with Crippen molar-refractivity contribution in [1.29, 1.82) is 0 Å². The molecule has 18 heavy (non-hydrogen) atoms. The van der Waals surface area contributed by atoms with E-state index in [0.29, 0.717) is 0 Å². The average molecular weight is 246 g/mol. The van der Waals surface area contributed by atoms with Crippen LogP contribution in [0.2, 0.25) is 0 Å². The summed E-state index contributed by atoms with van der Waals surface area (Å²) in [4.78, 5) is 12.2. The lowest BCUT2D eigenvalue weighted by Crippen LogP contribution is -2.52. The SMILES string of the molecule is CCc1ccc(C(=O)NC2(C)CCNCC2)cc1. The molecule has 0 saturated carbocycles. The third-order valence-electron chi connectivity index (χ3n) is 3.75. The lowest BCUT2D eigenvalue weighted by atomic mass is 9.90. The first kappa shape index (κ1) is 13.1. The summed E-state index contributed by atoms with van der Waals surface area (Å²) < 4.78 is 0. The van der Waals surface area contributed by atoms with Crippen molar-refractivity contribution >= 4 is 5.91 Å². The fourth-order valence-corrected chi connectivity index (χ4v) is 2.34. The van der Waals surface area contributed by atoms with Crippen molar-refractivity contribution in [3.05, 3.63) is 35.4 Å². The summed E-state index contributed by atoms with van der Waals surface area (Å²) in [5.74, 6) is 0.0436. The summed E-state index contributed by atoms with van der Waals surface area (Å²) in [5.41, 5.74) is 1.96. The number of hydrogen-bond acceptors (Lipinski definition) is 2. The van der Waals surface area contributed by atoms with Gasteiger partial charge >= 0.3 is 0 Å². The Balaban J connectivity index is 2.02. The molecule has 98 valence electrons. The standard InChI is InChI=1S/C15H22N2O/c1-3-12-4-6-13(7-5-12)14(18)17-15(2)8-10-16-11-9-15/h4-7,16H,3,8-11H2,1-2H3,(H,17,18). The van der Waals surface area contributed by atoms with Crippen LogP contribution in [0.5, 0.6) is 0 Å². The zero-order valence-electron chi connectivity index (χ0n) is 11.3. The lowest BCUT2D eigenvalue weighted by molar-refractivity contribution is 0.0887. The Bertz CT molecular complexity index is 405. The van der Waals surface area contributed by atoms with Crippen molar-refractivity contribution in [2.45, 2.75) is 38.6 Å². The highest BCUT2D eigenvalue weighted by atomic mass is 16.1. The van der Waals surface area contributed by atoms with Crippen molar-refractivity contribution in [1.82, 2.24) is 10.6 Å². The number of piperidine rings is 1. The molecule has 1 amide bonds. The molecule has 1 aromatic carbocycles. The Morgan fingerprint density at radius 3 is 2.44 bits per heavy atom. The third-order valence-corrected chi connectivity index (χ3v) is 3.75. The van der Waals surface area contributed by atoms with Crippen LogP contribution in [0.3, 0.4) is 0 Å². The molecule has 1 heterocycles. The Labute approximate surface area is 109 Å². The van der Waals surface area contributed by atoms with Gasteiger partial charge in [0.25, 0.3) is 5.91 Å². The third kappa shape index (κ3) is 3.10. The normalized spacial score (nSPS) is 18.3. The minimum absolute atomic E-state index is 0.0436. The molecular weight excluding hydrogens is 224 g/mol. The zero-order chi connectivity index (χ0) is 13.0. The van der Waals surface area contributed by atoms with E-state index in [1.165, 1.54) is 5.56 Å². The molecule has 0 unspecified atom stereocenters. The molecule has 1 saturated heterocycles. The van der Waals surface area contributed by atoms with Gasteiger partial charge < -0.3 is 10.6 Å². The predicted molar refractivity (Wildman–Crippen MR) is 73.8 cm³/mol. The first-order valence-electron chi connectivity index (χ1n) is 6.75. The zero-order valence-corrected chi connectivity index (χ0v) is 11.3. The molecule has 0 aliphatic carbocycles. The maximum Gasteiger partial charge on any atom is 0.251 e. The summed E-state index contributed by atoms with van der Waals surface area (Å²) in [6.45, 7) is 6.20. The van der Waals surface area contributed by atoms with Gasteiger partial charge in [-0.15, -0.1) is 0 Å². The van der Waals surface area contributed by atoms with Gasteiger partial charge in [0.05, 0.1) is 0 Å².